The fourth-order valence-corrected chi connectivity index (χ4v) is 2.92. The van der Waals surface area contributed by atoms with Crippen LogP contribution in [0.3, 0.4) is 0 Å². The number of hydrogen-bond acceptors (Lipinski definition) is 4. The number of aliphatic hydroxyl groups excluding tert-OH is 1. The highest BCUT2D eigenvalue weighted by molar-refractivity contribution is 5.86. The Morgan fingerprint density at radius 2 is 2.00 bits per heavy atom. The van der Waals surface area contributed by atoms with E-state index < -0.39 is 35.3 Å². The second-order valence-corrected chi connectivity index (χ2v) is 6.06. The number of amides is 1. The Bertz CT molecular complexity index is 388. The molecule has 102 valence electrons. The van der Waals surface area contributed by atoms with Crippen molar-refractivity contribution in [1.82, 2.24) is 4.90 Å². The maximum absolute atomic E-state index is 12.1. The molecule has 0 radical (unpaired) electrons. The van der Waals surface area contributed by atoms with Gasteiger partial charge in [0, 0.05) is 6.42 Å². The summed E-state index contributed by atoms with van der Waals surface area (Å²) < 4.78 is 5.24. The minimum atomic E-state index is -1.29. The average Bonchev–Trinajstić information content (AvgIpc) is 2.67. The van der Waals surface area contributed by atoms with Gasteiger partial charge in [0.05, 0.1) is 12.1 Å². The molecule has 6 nitrogen and oxygen atoms in total. The van der Waals surface area contributed by atoms with Crippen molar-refractivity contribution in [3.8, 4) is 0 Å². The molecule has 2 fully saturated rings. The molecule has 18 heavy (non-hydrogen) atoms. The van der Waals surface area contributed by atoms with Gasteiger partial charge in [-0.15, -0.1) is 0 Å². The summed E-state index contributed by atoms with van der Waals surface area (Å²) in [6.45, 7) is 5.19. The number of aliphatic carboxylic acids is 1. The van der Waals surface area contributed by atoms with E-state index in [2.05, 4.69) is 0 Å². The molecule has 0 unspecified atom stereocenters. The first-order valence-electron chi connectivity index (χ1n) is 6.11. The molecule has 6 heteroatoms. The molecule has 2 aliphatic heterocycles. The van der Waals surface area contributed by atoms with Gasteiger partial charge in [-0.25, -0.2) is 9.59 Å². The van der Waals surface area contributed by atoms with Crippen LogP contribution < -0.4 is 0 Å². The normalized spacial score (nSPS) is 34.8. The van der Waals surface area contributed by atoms with Gasteiger partial charge in [0.2, 0.25) is 0 Å². The number of carbonyl (C=O) groups excluding carboxylic acids is 1. The SMILES string of the molecule is CC(C)(C)OC(=O)N1[C@H]2CC[C@]1(C(=O)O)C[C@H]2O. The van der Waals surface area contributed by atoms with Crippen molar-refractivity contribution < 1.29 is 24.5 Å². The van der Waals surface area contributed by atoms with Crippen LogP contribution in [-0.2, 0) is 9.53 Å². The standard InChI is InChI=1S/C12H19NO5/c1-11(2,3)18-10(17)13-7-4-5-12(13,9(15)16)6-8(7)14/h7-8,14H,4-6H2,1-3H3,(H,15,16)/t7-,8+,12+/m0/s1. The Balaban J connectivity index is 2.27. The molecule has 2 N–H and O–H groups in total. The van der Waals surface area contributed by atoms with Crippen molar-refractivity contribution in [3.63, 3.8) is 0 Å². The van der Waals surface area contributed by atoms with Gasteiger partial charge in [-0.2, -0.15) is 0 Å². The van der Waals surface area contributed by atoms with E-state index in [-0.39, 0.29) is 6.42 Å². The number of ether oxygens (including phenoxy) is 1. The fraction of sp³-hybridized carbons (Fsp3) is 0.833. The lowest BCUT2D eigenvalue weighted by molar-refractivity contribution is -0.148. The van der Waals surface area contributed by atoms with Gasteiger partial charge in [-0.1, -0.05) is 0 Å². The first kappa shape index (κ1) is 13.1. The van der Waals surface area contributed by atoms with Gasteiger partial charge >= 0.3 is 12.1 Å². The third kappa shape index (κ3) is 1.84. The monoisotopic (exact) mass is 257 g/mol. The number of nitrogens with zero attached hydrogens (tertiary/aromatic N) is 1. The van der Waals surface area contributed by atoms with E-state index in [1.807, 2.05) is 0 Å². The van der Waals surface area contributed by atoms with Crippen LogP contribution >= 0.6 is 0 Å². The van der Waals surface area contributed by atoms with E-state index in [1.165, 1.54) is 4.90 Å². The molecule has 0 aromatic rings. The number of hydrogen-bond donors (Lipinski definition) is 2. The van der Waals surface area contributed by atoms with Crippen molar-refractivity contribution in [2.75, 3.05) is 0 Å². The Kier molecular flexibility index (Phi) is 2.81. The lowest BCUT2D eigenvalue weighted by Crippen LogP contribution is -2.52. The van der Waals surface area contributed by atoms with E-state index >= 15 is 0 Å². The van der Waals surface area contributed by atoms with Gasteiger partial charge in [-0.05, 0) is 33.6 Å². The van der Waals surface area contributed by atoms with Crippen molar-refractivity contribution in [2.24, 2.45) is 0 Å². The Labute approximate surface area is 106 Å². The summed E-state index contributed by atoms with van der Waals surface area (Å²) in [6.07, 6.45) is -0.450. The van der Waals surface area contributed by atoms with Crippen LogP contribution in [0, 0.1) is 0 Å². The van der Waals surface area contributed by atoms with Gasteiger partial charge < -0.3 is 14.9 Å². The third-order valence-corrected chi connectivity index (χ3v) is 3.63. The molecule has 0 aliphatic carbocycles. The molecule has 2 saturated heterocycles. The highest BCUT2D eigenvalue weighted by atomic mass is 16.6. The lowest BCUT2D eigenvalue weighted by atomic mass is 9.86. The molecule has 2 bridgehead atoms. The second kappa shape index (κ2) is 3.85. The smallest absolute Gasteiger partial charge is 0.411 e. The number of carbonyl (C=O) groups is 2. The Morgan fingerprint density at radius 1 is 1.39 bits per heavy atom. The molecule has 2 rings (SSSR count). The molecular weight excluding hydrogens is 238 g/mol. The van der Waals surface area contributed by atoms with Crippen molar-refractivity contribution in [1.29, 1.82) is 0 Å². The van der Waals surface area contributed by atoms with Crippen molar-refractivity contribution in [3.05, 3.63) is 0 Å². The Morgan fingerprint density at radius 3 is 2.44 bits per heavy atom. The van der Waals surface area contributed by atoms with Crippen LogP contribution in [-0.4, -0.2) is 50.5 Å². The van der Waals surface area contributed by atoms with E-state index in [9.17, 15) is 19.8 Å². The van der Waals surface area contributed by atoms with E-state index in [0.29, 0.717) is 12.8 Å². The molecule has 1 amide bonds. The number of rotatable bonds is 1. The predicted molar refractivity (Wildman–Crippen MR) is 62.1 cm³/mol. The summed E-state index contributed by atoms with van der Waals surface area (Å²) in [5.74, 6) is -1.06. The van der Waals surface area contributed by atoms with Crippen LogP contribution in [0.5, 0.6) is 0 Å². The van der Waals surface area contributed by atoms with Crippen LogP contribution in [0.25, 0.3) is 0 Å². The van der Waals surface area contributed by atoms with Crippen molar-refractivity contribution in [2.45, 2.75) is 63.3 Å². The largest absolute Gasteiger partial charge is 0.479 e. The van der Waals surface area contributed by atoms with Crippen LogP contribution in [0.4, 0.5) is 4.79 Å². The predicted octanol–water partition coefficient (Wildman–Crippen LogP) is 0.974. The summed E-state index contributed by atoms with van der Waals surface area (Å²) in [7, 11) is 0. The number of carboxylic acid groups (broad SMARTS) is 1. The van der Waals surface area contributed by atoms with Gasteiger partial charge in [0.1, 0.15) is 11.1 Å². The molecule has 0 spiro atoms. The van der Waals surface area contributed by atoms with Crippen LogP contribution in [0.15, 0.2) is 0 Å². The van der Waals surface area contributed by atoms with Crippen LogP contribution in [0.2, 0.25) is 0 Å². The fourth-order valence-electron chi connectivity index (χ4n) is 2.92. The summed E-state index contributed by atoms with van der Waals surface area (Å²) in [5, 5.41) is 19.2. The molecule has 3 atom stereocenters. The van der Waals surface area contributed by atoms with E-state index in [1.54, 1.807) is 20.8 Å². The maximum atomic E-state index is 12.1. The lowest BCUT2D eigenvalue weighted by Gasteiger charge is -2.32. The third-order valence-electron chi connectivity index (χ3n) is 3.63. The summed E-state index contributed by atoms with van der Waals surface area (Å²) in [6, 6.07) is -0.434. The van der Waals surface area contributed by atoms with Crippen LogP contribution in [0.1, 0.15) is 40.0 Å². The summed E-state index contributed by atoms with van der Waals surface area (Å²) >= 11 is 0. The van der Waals surface area contributed by atoms with E-state index in [0.717, 1.165) is 0 Å². The Hall–Kier alpha value is -1.30. The minimum absolute atomic E-state index is 0.0895. The molecule has 2 aliphatic rings. The molecule has 0 aromatic carbocycles. The molecule has 2 heterocycles. The molecular formula is C12H19NO5. The zero-order valence-corrected chi connectivity index (χ0v) is 10.8. The van der Waals surface area contributed by atoms with Gasteiger partial charge in [-0.3, -0.25) is 4.90 Å². The first-order chi connectivity index (χ1) is 8.17. The number of carboxylic acids is 1. The zero-order chi connectivity index (χ0) is 13.7. The minimum Gasteiger partial charge on any atom is -0.479 e. The molecule has 0 saturated carbocycles. The number of aliphatic hydroxyl groups is 1. The zero-order valence-electron chi connectivity index (χ0n) is 10.8. The van der Waals surface area contributed by atoms with Gasteiger partial charge in [0.25, 0.3) is 0 Å². The first-order valence-corrected chi connectivity index (χ1v) is 6.11. The number of fused-ring (bicyclic) bond motifs is 2. The second-order valence-electron chi connectivity index (χ2n) is 6.06. The summed E-state index contributed by atoms with van der Waals surface area (Å²) in [5.41, 5.74) is -1.96. The quantitative estimate of drug-likeness (QED) is 0.731. The topological polar surface area (TPSA) is 87.1 Å². The van der Waals surface area contributed by atoms with Crippen molar-refractivity contribution >= 4 is 12.1 Å². The summed E-state index contributed by atoms with van der Waals surface area (Å²) in [4.78, 5) is 24.8. The highest BCUT2D eigenvalue weighted by Crippen LogP contribution is 2.47. The maximum Gasteiger partial charge on any atom is 0.411 e. The van der Waals surface area contributed by atoms with E-state index in [4.69, 9.17) is 4.74 Å². The molecule has 0 aromatic heterocycles. The highest BCUT2D eigenvalue weighted by Gasteiger charge is 2.63. The van der Waals surface area contributed by atoms with Gasteiger partial charge in [0.15, 0.2) is 0 Å². The average molecular weight is 257 g/mol.